The molecule has 182 valence electrons. The van der Waals surface area contributed by atoms with Crippen LogP contribution in [-0.4, -0.2) is 53.6 Å². The molecule has 0 fully saturated rings. The molecule has 1 aliphatic rings. The number of fused-ring (bicyclic) bond motifs is 4. The summed E-state index contributed by atoms with van der Waals surface area (Å²) in [6, 6.07) is 7.47. The molecular formula is C25H26N4O6. The fourth-order valence-corrected chi connectivity index (χ4v) is 4.78. The number of aromatic hydroxyl groups is 1. The van der Waals surface area contributed by atoms with Crippen LogP contribution in [0.15, 0.2) is 29.3 Å². The first-order valence-corrected chi connectivity index (χ1v) is 11.2. The average molecular weight is 479 g/mol. The molecule has 2 amide bonds. The first-order valence-electron chi connectivity index (χ1n) is 11.2. The lowest BCUT2D eigenvalue weighted by molar-refractivity contribution is 0.0595. The molecule has 2 aromatic heterocycles. The molecule has 0 saturated carbocycles. The van der Waals surface area contributed by atoms with Gasteiger partial charge in [-0.1, -0.05) is 18.2 Å². The summed E-state index contributed by atoms with van der Waals surface area (Å²) >= 11 is 0. The smallest absolute Gasteiger partial charge is 0.434 e. The molecule has 1 atom stereocenters. The van der Waals surface area contributed by atoms with Crippen LogP contribution in [0.25, 0.3) is 32.7 Å². The summed E-state index contributed by atoms with van der Waals surface area (Å²) in [6.07, 6.45) is -1.43. The van der Waals surface area contributed by atoms with E-state index in [1.807, 2.05) is 24.3 Å². The van der Waals surface area contributed by atoms with E-state index in [1.165, 1.54) is 12.0 Å². The molecule has 10 nitrogen and oxygen atoms in total. The fraction of sp³-hybridized carbons (Fsp3) is 0.360. The quantitative estimate of drug-likeness (QED) is 0.385. The maximum Gasteiger partial charge on any atom is 0.434 e. The van der Waals surface area contributed by atoms with Gasteiger partial charge < -0.3 is 24.3 Å². The highest BCUT2D eigenvalue weighted by molar-refractivity contribution is 6.24. The predicted octanol–water partition coefficient (Wildman–Crippen LogP) is 4.51. The minimum absolute atomic E-state index is 0.191. The van der Waals surface area contributed by atoms with E-state index in [0.29, 0.717) is 46.0 Å². The van der Waals surface area contributed by atoms with E-state index in [1.54, 1.807) is 27.9 Å². The topological polar surface area (TPSA) is 126 Å². The summed E-state index contributed by atoms with van der Waals surface area (Å²) in [6.45, 7) is 5.56. The second kappa shape index (κ2) is 8.09. The van der Waals surface area contributed by atoms with Crippen molar-refractivity contribution >= 4 is 50.6 Å². The average Bonchev–Trinajstić information content (AvgIpc) is 3.17. The number of carbonyl (C=O) groups excluding carboxylic acids is 2. The molecule has 0 aliphatic carbocycles. The number of pyridine rings is 1. The van der Waals surface area contributed by atoms with Gasteiger partial charge in [-0.05, 0) is 33.3 Å². The number of nitrogens with zero attached hydrogens (tertiary/aromatic N) is 3. The Balaban J connectivity index is 2.00. The molecular weight excluding hydrogens is 452 g/mol. The molecule has 10 heteroatoms. The molecule has 2 N–H and O–H groups in total. The Morgan fingerprint density at radius 1 is 1.20 bits per heavy atom. The zero-order valence-electron chi connectivity index (χ0n) is 20.1. The Morgan fingerprint density at radius 2 is 1.94 bits per heavy atom. The van der Waals surface area contributed by atoms with E-state index in [0.717, 1.165) is 10.9 Å². The van der Waals surface area contributed by atoms with Gasteiger partial charge in [0, 0.05) is 35.5 Å². The highest BCUT2D eigenvalue weighted by Crippen LogP contribution is 2.45. The van der Waals surface area contributed by atoms with Gasteiger partial charge >= 0.3 is 12.2 Å². The first-order chi connectivity index (χ1) is 16.6. The molecule has 35 heavy (non-hydrogen) atoms. The second-order valence-electron chi connectivity index (χ2n) is 9.42. The number of H-pyrrole nitrogens is 1. The van der Waals surface area contributed by atoms with Gasteiger partial charge in [-0.2, -0.15) is 4.99 Å². The molecule has 0 saturated heterocycles. The molecule has 1 aliphatic heterocycles. The summed E-state index contributed by atoms with van der Waals surface area (Å²) in [5.41, 5.74) is 1.81. The van der Waals surface area contributed by atoms with Crippen molar-refractivity contribution in [1.82, 2.24) is 9.97 Å². The van der Waals surface area contributed by atoms with Crippen molar-refractivity contribution in [3.05, 3.63) is 35.2 Å². The Hall–Kier alpha value is -3.92. The summed E-state index contributed by atoms with van der Waals surface area (Å²) < 4.78 is 16.3. The van der Waals surface area contributed by atoms with E-state index >= 15 is 0 Å². The van der Waals surface area contributed by atoms with Gasteiger partial charge in [0.15, 0.2) is 0 Å². The van der Waals surface area contributed by atoms with Crippen LogP contribution < -0.4 is 10.3 Å². The van der Waals surface area contributed by atoms with Crippen molar-refractivity contribution in [2.45, 2.75) is 38.9 Å². The molecule has 0 radical (unpaired) electrons. The van der Waals surface area contributed by atoms with E-state index in [2.05, 4.69) is 15.0 Å². The Morgan fingerprint density at radius 3 is 2.63 bits per heavy atom. The van der Waals surface area contributed by atoms with Crippen LogP contribution >= 0.6 is 0 Å². The Bertz CT molecular complexity index is 1550. The largest absolute Gasteiger partial charge is 0.493 e. The molecule has 2 aromatic carbocycles. The van der Waals surface area contributed by atoms with E-state index in [-0.39, 0.29) is 11.2 Å². The number of methoxy groups -OCH3 is 2. The van der Waals surface area contributed by atoms with Crippen LogP contribution in [0.2, 0.25) is 0 Å². The minimum Gasteiger partial charge on any atom is -0.493 e. The van der Waals surface area contributed by atoms with Crippen LogP contribution in [0.3, 0.4) is 0 Å². The van der Waals surface area contributed by atoms with Gasteiger partial charge in [-0.15, -0.1) is 0 Å². The number of hydrogen-bond acceptors (Lipinski definition) is 7. The lowest BCUT2D eigenvalue weighted by Crippen LogP contribution is -2.40. The molecule has 3 heterocycles. The number of aromatic amines is 1. The number of hydrogen-bond donors (Lipinski definition) is 2. The van der Waals surface area contributed by atoms with Gasteiger partial charge in [0.2, 0.25) is 5.88 Å². The van der Waals surface area contributed by atoms with Crippen LogP contribution in [-0.2, 0) is 14.2 Å². The summed E-state index contributed by atoms with van der Waals surface area (Å²) in [5.74, 6) is -0.197. The highest BCUT2D eigenvalue weighted by atomic mass is 16.6. The van der Waals surface area contributed by atoms with E-state index in [4.69, 9.17) is 14.2 Å². The van der Waals surface area contributed by atoms with Gasteiger partial charge in [0.25, 0.3) is 0 Å². The molecule has 5 rings (SSSR count). The maximum absolute atomic E-state index is 12.9. The number of aromatic nitrogens is 2. The van der Waals surface area contributed by atoms with Gasteiger partial charge in [0.05, 0.1) is 29.8 Å². The lowest BCUT2D eigenvalue weighted by atomic mass is 9.93. The Labute approximate surface area is 200 Å². The van der Waals surface area contributed by atoms with E-state index < -0.39 is 23.9 Å². The third-order valence-electron chi connectivity index (χ3n) is 6.09. The second-order valence-corrected chi connectivity index (χ2v) is 9.42. The molecule has 1 unspecified atom stereocenters. The van der Waals surface area contributed by atoms with Crippen molar-refractivity contribution in [3.8, 4) is 5.88 Å². The standard InChI is InChI=1S/C25H26N4O6/c1-25(2,3)35-23(31)28-18-16-14(33-4)10-11-29(24(32)34-5)21(16)20-17-15(22(30)27-19(17)18)12-8-6-7-9-13(12)26-20/h6-9,14,26,30H,10-11H2,1-5H3/b28-18-. The molecule has 0 bridgehead atoms. The number of benzene rings is 2. The number of ether oxygens (including phenoxy) is 3. The number of rotatable bonds is 1. The zero-order chi connectivity index (χ0) is 25.1. The number of amides is 2. The number of anilines is 1. The summed E-state index contributed by atoms with van der Waals surface area (Å²) in [7, 11) is 2.86. The number of carbonyl (C=O) groups is 2. The predicted molar refractivity (Wildman–Crippen MR) is 130 cm³/mol. The zero-order valence-corrected chi connectivity index (χ0v) is 20.1. The van der Waals surface area contributed by atoms with Gasteiger partial charge in [-0.25, -0.2) is 14.6 Å². The SMILES string of the molecule is COC(=O)N1CCC(OC)c2c1c1[nH]c3ccccc3c3c(O)nc(/c2=N\C(=O)OC(C)(C)C)c13. The highest BCUT2D eigenvalue weighted by Gasteiger charge is 2.36. The first kappa shape index (κ1) is 22.9. The van der Waals surface area contributed by atoms with Crippen molar-refractivity contribution in [1.29, 1.82) is 0 Å². The van der Waals surface area contributed by atoms with Gasteiger partial charge in [-0.3, -0.25) is 4.90 Å². The van der Waals surface area contributed by atoms with Crippen LogP contribution in [0.1, 0.15) is 38.9 Å². The lowest BCUT2D eigenvalue weighted by Gasteiger charge is -2.33. The minimum atomic E-state index is -0.812. The third kappa shape index (κ3) is 3.61. The van der Waals surface area contributed by atoms with Crippen molar-refractivity contribution in [2.24, 2.45) is 4.99 Å². The fourth-order valence-electron chi connectivity index (χ4n) is 4.78. The third-order valence-corrected chi connectivity index (χ3v) is 6.09. The molecule has 0 spiro atoms. The van der Waals surface area contributed by atoms with Crippen molar-refractivity contribution in [2.75, 3.05) is 25.7 Å². The number of para-hydroxylation sites is 1. The monoisotopic (exact) mass is 478 g/mol. The Kier molecular flexibility index (Phi) is 5.28. The normalized spacial score (nSPS) is 16.8. The molecule has 4 aromatic rings. The van der Waals surface area contributed by atoms with Crippen molar-refractivity contribution in [3.63, 3.8) is 0 Å². The summed E-state index contributed by atoms with van der Waals surface area (Å²) in [5, 5.41) is 12.9. The van der Waals surface area contributed by atoms with Crippen LogP contribution in [0, 0.1) is 0 Å². The summed E-state index contributed by atoms with van der Waals surface area (Å²) in [4.78, 5) is 39.3. The van der Waals surface area contributed by atoms with Crippen molar-refractivity contribution < 1.29 is 28.9 Å². The number of nitrogens with one attached hydrogen (secondary N) is 1. The van der Waals surface area contributed by atoms with E-state index in [9.17, 15) is 14.7 Å². The van der Waals surface area contributed by atoms with Crippen LogP contribution in [0.5, 0.6) is 5.88 Å². The van der Waals surface area contributed by atoms with Gasteiger partial charge in [0.1, 0.15) is 16.5 Å². The maximum atomic E-state index is 12.9. The van der Waals surface area contributed by atoms with Crippen LogP contribution in [0.4, 0.5) is 15.3 Å².